The van der Waals surface area contributed by atoms with Crippen LogP contribution in [0.4, 0.5) is 11.4 Å². The summed E-state index contributed by atoms with van der Waals surface area (Å²) in [5.41, 5.74) is 4.25. The van der Waals surface area contributed by atoms with Crippen LogP contribution in [0.25, 0.3) is 6.08 Å². The highest BCUT2D eigenvalue weighted by Gasteiger charge is 2.36. The average Bonchev–Trinajstić information content (AvgIpc) is 3.10. The normalized spacial score (nSPS) is 21.9. The number of fused-ring (bicyclic) bond motifs is 1. The van der Waals surface area contributed by atoms with Gasteiger partial charge in [-0.15, -0.1) is 0 Å². The number of hydrogen-bond acceptors (Lipinski definition) is 6. The van der Waals surface area contributed by atoms with Gasteiger partial charge >= 0.3 is 0 Å². The van der Waals surface area contributed by atoms with E-state index >= 15 is 0 Å². The summed E-state index contributed by atoms with van der Waals surface area (Å²) in [4.78, 5) is 22.7. The summed E-state index contributed by atoms with van der Waals surface area (Å²) in [6, 6.07) is 14.0. The summed E-state index contributed by atoms with van der Waals surface area (Å²) in [6.45, 7) is 7.69. The smallest absolute Gasteiger partial charge is 0.266 e. The third-order valence-corrected chi connectivity index (χ3v) is 7.67. The Morgan fingerprint density at radius 1 is 1.21 bits per heavy atom. The minimum Gasteiger partial charge on any atom is -0.496 e. The molecule has 0 aliphatic carbocycles. The molecule has 1 unspecified atom stereocenters. The Morgan fingerprint density at radius 2 is 1.94 bits per heavy atom. The number of amidine groups is 1. The molecular formula is C27H33N3O3S. The third kappa shape index (κ3) is 4.72. The van der Waals surface area contributed by atoms with Crippen molar-refractivity contribution in [2.75, 3.05) is 39.3 Å². The van der Waals surface area contributed by atoms with Crippen molar-refractivity contribution < 1.29 is 14.3 Å². The van der Waals surface area contributed by atoms with Crippen LogP contribution in [0.3, 0.4) is 0 Å². The van der Waals surface area contributed by atoms with E-state index in [9.17, 15) is 4.79 Å². The van der Waals surface area contributed by atoms with E-state index in [0.717, 1.165) is 23.4 Å². The monoisotopic (exact) mass is 479 g/mol. The van der Waals surface area contributed by atoms with Gasteiger partial charge in [0, 0.05) is 37.0 Å². The zero-order valence-electron chi connectivity index (χ0n) is 20.8. The first-order valence-electron chi connectivity index (χ1n) is 11.5. The van der Waals surface area contributed by atoms with E-state index in [-0.39, 0.29) is 11.4 Å². The van der Waals surface area contributed by atoms with Crippen LogP contribution in [-0.4, -0.2) is 55.9 Å². The molecule has 2 aliphatic heterocycles. The van der Waals surface area contributed by atoms with Gasteiger partial charge in [0.05, 0.1) is 30.9 Å². The van der Waals surface area contributed by atoms with Crippen LogP contribution in [0, 0.1) is 0 Å². The minimum absolute atomic E-state index is 0.0668. The number of nitrogens with zero attached hydrogens (tertiary/aromatic N) is 3. The lowest BCUT2D eigenvalue weighted by Crippen LogP contribution is -2.45. The van der Waals surface area contributed by atoms with Crippen molar-refractivity contribution >= 4 is 40.3 Å². The summed E-state index contributed by atoms with van der Waals surface area (Å²) in [5, 5.41) is 0.659. The molecular weight excluding hydrogens is 446 g/mol. The van der Waals surface area contributed by atoms with Crippen LogP contribution in [0.15, 0.2) is 52.4 Å². The molecule has 1 saturated heterocycles. The number of carbonyl (C=O) groups is 1. The number of anilines is 1. The summed E-state index contributed by atoms with van der Waals surface area (Å²) < 4.78 is 11.0. The lowest BCUT2D eigenvalue weighted by atomic mass is 9.80. The highest BCUT2D eigenvalue weighted by Crippen LogP contribution is 2.46. The van der Waals surface area contributed by atoms with E-state index in [1.54, 1.807) is 19.1 Å². The first-order chi connectivity index (χ1) is 16.2. The highest BCUT2D eigenvalue weighted by molar-refractivity contribution is 8.18. The van der Waals surface area contributed by atoms with Crippen molar-refractivity contribution in [3.05, 3.63) is 58.5 Å². The Balaban J connectivity index is 1.74. The Labute approximate surface area is 206 Å². The predicted octanol–water partition coefficient (Wildman–Crippen LogP) is 5.67. The molecule has 180 valence electrons. The molecule has 2 aliphatic rings. The molecule has 0 radical (unpaired) electrons. The van der Waals surface area contributed by atoms with Gasteiger partial charge in [-0.05, 0) is 67.8 Å². The second-order valence-electron chi connectivity index (χ2n) is 9.42. The number of para-hydroxylation sites is 1. The first-order valence-corrected chi connectivity index (χ1v) is 12.4. The molecule has 34 heavy (non-hydrogen) atoms. The summed E-state index contributed by atoms with van der Waals surface area (Å²) in [7, 11) is 5.45. The van der Waals surface area contributed by atoms with E-state index in [1.807, 2.05) is 36.4 Å². The van der Waals surface area contributed by atoms with Crippen LogP contribution in [0.5, 0.6) is 5.75 Å². The predicted molar refractivity (Wildman–Crippen MR) is 141 cm³/mol. The molecule has 0 spiro atoms. The van der Waals surface area contributed by atoms with E-state index in [0.29, 0.717) is 29.1 Å². The van der Waals surface area contributed by atoms with Crippen molar-refractivity contribution in [2.24, 2.45) is 4.99 Å². The number of benzene rings is 2. The number of methoxy groups -OCH3 is 2. The lowest BCUT2D eigenvalue weighted by Gasteiger charge is -2.45. The molecule has 1 fully saturated rings. The number of carbonyl (C=O) groups excluding carboxylic acids is 1. The van der Waals surface area contributed by atoms with Gasteiger partial charge in [-0.25, -0.2) is 4.99 Å². The Morgan fingerprint density at radius 3 is 2.62 bits per heavy atom. The molecule has 0 aromatic heterocycles. The number of amides is 1. The molecule has 1 amide bonds. The van der Waals surface area contributed by atoms with Gasteiger partial charge in [0.1, 0.15) is 5.75 Å². The van der Waals surface area contributed by atoms with Gasteiger partial charge in [-0.2, -0.15) is 0 Å². The highest BCUT2D eigenvalue weighted by atomic mass is 32.2. The Hall–Kier alpha value is -2.77. The van der Waals surface area contributed by atoms with Crippen LogP contribution >= 0.6 is 11.8 Å². The fourth-order valence-electron chi connectivity index (χ4n) is 4.63. The molecule has 0 N–H and O–H groups in total. The Bertz CT molecular complexity index is 1130. The maximum absolute atomic E-state index is 13.4. The molecule has 4 rings (SSSR count). The van der Waals surface area contributed by atoms with Crippen molar-refractivity contribution in [3.63, 3.8) is 0 Å². The van der Waals surface area contributed by atoms with Gasteiger partial charge < -0.3 is 14.4 Å². The zero-order chi connectivity index (χ0) is 24.5. The van der Waals surface area contributed by atoms with E-state index in [4.69, 9.17) is 14.5 Å². The molecule has 2 aromatic carbocycles. The van der Waals surface area contributed by atoms with Gasteiger partial charge in [-0.3, -0.25) is 9.69 Å². The largest absolute Gasteiger partial charge is 0.496 e. The van der Waals surface area contributed by atoms with E-state index < -0.39 is 0 Å². The quantitative estimate of drug-likeness (QED) is 0.500. The standard InChI is InChI=1S/C27H33N3O3S/c1-18-17-27(2,3)29(4)22-16-23(33-6)19(14-21(18)22)15-24-25(31)30(12-13-32-5)26(34-24)28-20-10-8-7-9-11-20/h7-11,14-16,18H,12-13,17H2,1-6H3/b24-15+,28-26?. The van der Waals surface area contributed by atoms with Crippen LogP contribution in [0.1, 0.15) is 44.2 Å². The molecule has 0 bridgehead atoms. The second-order valence-corrected chi connectivity index (χ2v) is 10.4. The number of aliphatic imine (C=N–C) groups is 1. The fraction of sp³-hybridized carbons (Fsp3) is 0.407. The number of ether oxygens (including phenoxy) is 2. The van der Waals surface area contributed by atoms with E-state index in [1.165, 1.54) is 23.0 Å². The summed E-state index contributed by atoms with van der Waals surface area (Å²) in [6.07, 6.45) is 3.00. The first kappa shape index (κ1) is 24.4. The number of hydrogen-bond donors (Lipinski definition) is 0. The topological polar surface area (TPSA) is 54.4 Å². The molecule has 1 atom stereocenters. The number of rotatable bonds is 6. The average molecular weight is 480 g/mol. The zero-order valence-corrected chi connectivity index (χ0v) is 21.6. The SMILES string of the molecule is COCCN1C(=O)/C(=C\c2cc3c(cc2OC)N(C)C(C)(C)CC3C)SC1=Nc1ccccc1. The van der Waals surface area contributed by atoms with Gasteiger partial charge in [0.15, 0.2) is 5.17 Å². The van der Waals surface area contributed by atoms with Gasteiger partial charge in [0.25, 0.3) is 5.91 Å². The van der Waals surface area contributed by atoms with Crippen molar-refractivity contribution in [2.45, 2.75) is 38.6 Å². The number of thioether (sulfide) groups is 1. The van der Waals surface area contributed by atoms with Crippen LogP contribution in [0.2, 0.25) is 0 Å². The second kappa shape index (κ2) is 9.84. The maximum Gasteiger partial charge on any atom is 0.266 e. The van der Waals surface area contributed by atoms with Crippen LogP contribution < -0.4 is 9.64 Å². The molecule has 2 heterocycles. The van der Waals surface area contributed by atoms with Crippen molar-refractivity contribution in [1.29, 1.82) is 0 Å². The molecule has 6 nitrogen and oxygen atoms in total. The van der Waals surface area contributed by atoms with E-state index in [2.05, 4.69) is 44.9 Å². The summed E-state index contributed by atoms with van der Waals surface area (Å²) in [5.74, 6) is 1.10. The van der Waals surface area contributed by atoms with Crippen LogP contribution in [-0.2, 0) is 9.53 Å². The minimum atomic E-state index is -0.0668. The molecule has 2 aromatic rings. The molecule has 0 saturated carbocycles. The summed E-state index contributed by atoms with van der Waals surface area (Å²) >= 11 is 1.39. The van der Waals surface area contributed by atoms with Gasteiger partial charge in [-0.1, -0.05) is 25.1 Å². The lowest BCUT2D eigenvalue weighted by molar-refractivity contribution is -0.122. The van der Waals surface area contributed by atoms with Crippen molar-refractivity contribution in [3.8, 4) is 5.75 Å². The third-order valence-electron chi connectivity index (χ3n) is 6.66. The fourth-order valence-corrected chi connectivity index (χ4v) is 5.64. The van der Waals surface area contributed by atoms with Gasteiger partial charge in [0.2, 0.25) is 0 Å². The maximum atomic E-state index is 13.4. The van der Waals surface area contributed by atoms with Crippen molar-refractivity contribution in [1.82, 2.24) is 4.90 Å². The Kier molecular flexibility index (Phi) is 7.05. The molecule has 7 heteroatoms.